The number of hydrogen-bond donors (Lipinski definition) is 1. The maximum absolute atomic E-state index is 12.6. The summed E-state index contributed by atoms with van der Waals surface area (Å²) in [6, 6.07) is 12.8. The lowest BCUT2D eigenvalue weighted by Gasteiger charge is -2.12. The van der Waals surface area contributed by atoms with Crippen LogP contribution in [0, 0.1) is 0 Å². The first-order valence-electron chi connectivity index (χ1n) is 7.35. The van der Waals surface area contributed by atoms with Crippen molar-refractivity contribution in [1.29, 1.82) is 0 Å². The summed E-state index contributed by atoms with van der Waals surface area (Å²) in [5.41, 5.74) is 2.37. The van der Waals surface area contributed by atoms with Crippen LogP contribution >= 0.6 is 0 Å². The average Bonchev–Trinajstić information content (AvgIpc) is 2.89. The van der Waals surface area contributed by atoms with Gasteiger partial charge in [0.2, 0.25) is 0 Å². The number of nitrogens with zero attached hydrogens (tertiary/aromatic N) is 1. The lowest BCUT2D eigenvalue weighted by Crippen LogP contribution is -2.31. The van der Waals surface area contributed by atoms with E-state index in [0.29, 0.717) is 24.7 Å². The van der Waals surface area contributed by atoms with Crippen LogP contribution in [0.15, 0.2) is 42.5 Å². The van der Waals surface area contributed by atoms with Crippen molar-refractivity contribution in [2.24, 2.45) is 0 Å². The van der Waals surface area contributed by atoms with Gasteiger partial charge in [0.1, 0.15) is 5.69 Å². The Balaban J connectivity index is 1.52. The minimum atomic E-state index is -4.38. The van der Waals surface area contributed by atoms with Crippen molar-refractivity contribution in [1.82, 2.24) is 10.3 Å². The van der Waals surface area contributed by atoms with Crippen molar-refractivity contribution in [3.8, 4) is 0 Å². The standard InChI is InChI=1S/C17H17F3N2/c18-17(19,20)16-7-3-6-14(22-16)8-9-21-15-10-12-4-1-2-5-13(12)11-15/h1-7,15,21H,8-11H2. The van der Waals surface area contributed by atoms with Crippen LogP contribution in [-0.4, -0.2) is 17.6 Å². The zero-order chi connectivity index (χ0) is 15.6. The van der Waals surface area contributed by atoms with E-state index in [4.69, 9.17) is 0 Å². The van der Waals surface area contributed by atoms with Crippen LogP contribution in [0.2, 0.25) is 0 Å². The maximum atomic E-state index is 12.6. The molecule has 0 atom stereocenters. The molecule has 1 aromatic heterocycles. The molecule has 0 spiro atoms. The number of pyridine rings is 1. The molecule has 1 aliphatic rings. The highest BCUT2D eigenvalue weighted by Crippen LogP contribution is 2.27. The second-order valence-electron chi connectivity index (χ2n) is 5.59. The number of alkyl halides is 3. The highest BCUT2D eigenvalue weighted by molar-refractivity contribution is 5.33. The molecular formula is C17H17F3N2. The van der Waals surface area contributed by atoms with Crippen LogP contribution in [0.4, 0.5) is 13.2 Å². The fourth-order valence-electron chi connectivity index (χ4n) is 2.88. The minimum absolute atomic E-state index is 0.364. The van der Waals surface area contributed by atoms with Crippen LogP contribution in [-0.2, 0) is 25.4 Å². The molecule has 3 rings (SSSR count). The molecule has 1 aliphatic carbocycles. The number of hydrogen-bond acceptors (Lipinski definition) is 2. The van der Waals surface area contributed by atoms with Crippen molar-refractivity contribution in [2.45, 2.75) is 31.5 Å². The van der Waals surface area contributed by atoms with Crippen molar-refractivity contribution in [3.63, 3.8) is 0 Å². The van der Waals surface area contributed by atoms with E-state index in [9.17, 15) is 13.2 Å². The Morgan fingerprint density at radius 1 is 1.00 bits per heavy atom. The van der Waals surface area contributed by atoms with Crippen molar-refractivity contribution in [2.75, 3.05) is 6.54 Å². The molecule has 0 unspecified atom stereocenters. The fraction of sp³-hybridized carbons (Fsp3) is 0.353. The molecule has 2 nitrogen and oxygen atoms in total. The summed E-state index contributed by atoms with van der Waals surface area (Å²) >= 11 is 0. The number of rotatable bonds is 4. The lowest BCUT2D eigenvalue weighted by atomic mass is 10.1. The first-order chi connectivity index (χ1) is 10.5. The van der Waals surface area contributed by atoms with E-state index in [2.05, 4.69) is 22.4 Å². The van der Waals surface area contributed by atoms with Crippen molar-refractivity contribution >= 4 is 0 Å². The highest BCUT2D eigenvalue weighted by Gasteiger charge is 2.32. The molecule has 5 heteroatoms. The van der Waals surface area contributed by atoms with Crippen LogP contribution in [0.5, 0.6) is 0 Å². The molecule has 1 N–H and O–H groups in total. The van der Waals surface area contributed by atoms with Gasteiger partial charge in [-0.2, -0.15) is 13.2 Å². The summed E-state index contributed by atoms with van der Waals surface area (Å²) in [5, 5.41) is 3.41. The summed E-state index contributed by atoms with van der Waals surface area (Å²) < 4.78 is 37.8. The van der Waals surface area contributed by atoms with E-state index in [0.717, 1.165) is 18.9 Å². The Morgan fingerprint density at radius 2 is 1.68 bits per heavy atom. The molecule has 1 heterocycles. The summed E-state index contributed by atoms with van der Waals surface area (Å²) in [5.74, 6) is 0. The maximum Gasteiger partial charge on any atom is 0.433 e. The molecule has 0 bridgehead atoms. The Labute approximate surface area is 127 Å². The van der Waals surface area contributed by atoms with Gasteiger partial charge >= 0.3 is 6.18 Å². The second-order valence-corrected chi connectivity index (χ2v) is 5.59. The van der Waals surface area contributed by atoms with Gasteiger partial charge in [-0.25, -0.2) is 4.98 Å². The van der Waals surface area contributed by atoms with Gasteiger partial charge in [-0.1, -0.05) is 30.3 Å². The van der Waals surface area contributed by atoms with Gasteiger partial charge in [-0.05, 0) is 36.1 Å². The first kappa shape index (κ1) is 15.0. The molecule has 116 valence electrons. The van der Waals surface area contributed by atoms with Gasteiger partial charge in [0.15, 0.2) is 0 Å². The molecule has 0 saturated heterocycles. The van der Waals surface area contributed by atoms with Crippen LogP contribution in [0.25, 0.3) is 0 Å². The normalized spacial score (nSPS) is 15.0. The molecule has 0 aliphatic heterocycles. The highest BCUT2D eigenvalue weighted by atomic mass is 19.4. The molecule has 22 heavy (non-hydrogen) atoms. The van der Waals surface area contributed by atoms with Gasteiger partial charge in [-0.15, -0.1) is 0 Å². The molecular weight excluding hydrogens is 289 g/mol. The summed E-state index contributed by atoms with van der Waals surface area (Å²) in [6.07, 6.45) is -1.92. The van der Waals surface area contributed by atoms with Crippen LogP contribution in [0.1, 0.15) is 22.5 Å². The molecule has 1 aromatic carbocycles. The zero-order valence-electron chi connectivity index (χ0n) is 12.0. The fourth-order valence-corrected chi connectivity index (χ4v) is 2.88. The molecule has 0 saturated carbocycles. The largest absolute Gasteiger partial charge is 0.433 e. The third kappa shape index (κ3) is 3.47. The van der Waals surface area contributed by atoms with Gasteiger partial charge in [-0.3, -0.25) is 0 Å². The summed E-state index contributed by atoms with van der Waals surface area (Å²) in [7, 11) is 0. The number of halogens is 3. The third-order valence-electron chi connectivity index (χ3n) is 3.96. The van der Waals surface area contributed by atoms with E-state index in [-0.39, 0.29) is 0 Å². The summed E-state index contributed by atoms with van der Waals surface area (Å²) in [6.45, 7) is 0.632. The van der Waals surface area contributed by atoms with Gasteiger partial charge in [0.05, 0.1) is 0 Å². The number of nitrogens with one attached hydrogen (secondary N) is 1. The molecule has 0 amide bonds. The molecule has 2 aromatic rings. The van der Waals surface area contributed by atoms with E-state index in [1.165, 1.54) is 17.2 Å². The zero-order valence-corrected chi connectivity index (χ0v) is 12.0. The van der Waals surface area contributed by atoms with E-state index >= 15 is 0 Å². The Hall–Kier alpha value is -1.88. The van der Waals surface area contributed by atoms with Gasteiger partial charge < -0.3 is 5.32 Å². The summed E-state index contributed by atoms with van der Waals surface area (Å²) in [4.78, 5) is 3.68. The topological polar surface area (TPSA) is 24.9 Å². The van der Waals surface area contributed by atoms with E-state index in [1.807, 2.05) is 12.1 Å². The Bertz CT molecular complexity index is 627. The van der Waals surface area contributed by atoms with Crippen LogP contribution < -0.4 is 5.32 Å². The molecule has 0 fully saturated rings. The van der Waals surface area contributed by atoms with E-state index < -0.39 is 11.9 Å². The number of aromatic nitrogens is 1. The van der Waals surface area contributed by atoms with E-state index in [1.54, 1.807) is 6.07 Å². The predicted molar refractivity (Wildman–Crippen MR) is 78.6 cm³/mol. The Kier molecular flexibility index (Phi) is 4.16. The van der Waals surface area contributed by atoms with Gasteiger partial charge in [0.25, 0.3) is 0 Å². The lowest BCUT2D eigenvalue weighted by molar-refractivity contribution is -0.141. The monoisotopic (exact) mass is 306 g/mol. The molecule has 0 radical (unpaired) electrons. The third-order valence-corrected chi connectivity index (χ3v) is 3.96. The average molecular weight is 306 g/mol. The van der Waals surface area contributed by atoms with Crippen molar-refractivity contribution in [3.05, 3.63) is 65.0 Å². The van der Waals surface area contributed by atoms with Crippen molar-refractivity contribution < 1.29 is 13.2 Å². The first-order valence-corrected chi connectivity index (χ1v) is 7.35. The minimum Gasteiger partial charge on any atom is -0.313 e. The smallest absolute Gasteiger partial charge is 0.313 e. The second kappa shape index (κ2) is 6.08. The number of benzene rings is 1. The van der Waals surface area contributed by atoms with Gasteiger partial charge in [0, 0.05) is 24.7 Å². The number of fused-ring (bicyclic) bond motifs is 1. The predicted octanol–water partition coefficient (Wildman–Crippen LogP) is 3.40. The SMILES string of the molecule is FC(F)(F)c1cccc(CCNC2Cc3ccccc3C2)n1. The Morgan fingerprint density at radius 3 is 2.32 bits per heavy atom. The quantitative estimate of drug-likeness (QED) is 0.936. The van der Waals surface area contributed by atoms with Crippen LogP contribution in [0.3, 0.4) is 0 Å².